The predicted molar refractivity (Wildman–Crippen MR) is 87.4 cm³/mol. The first-order valence-electron chi connectivity index (χ1n) is 7.50. The molecule has 0 atom stereocenters. The topological polar surface area (TPSA) is 58.0 Å². The van der Waals surface area contributed by atoms with Crippen LogP contribution in [0.25, 0.3) is 22.3 Å². The van der Waals surface area contributed by atoms with Crippen LogP contribution in [0, 0.1) is 5.41 Å². The molecule has 1 N–H and O–H groups in total. The molecular formula is C17H22N4O. The van der Waals surface area contributed by atoms with Crippen molar-refractivity contribution in [3.63, 3.8) is 0 Å². The monoisotopic (exact) mass is 298 g/mol. The lowest BCUT2D eigenvalue weighted by Gasteiger charge is -2.25. The molecule has 2 heterocycles. The van der Waals surface area contributed by atoms with E-state index in [1.54, 1.807) is 0 Å². The molecule has 0 amide bonds. The minimum atomic E-state index is 0.244. The molecule has 0 radical (unpaired) electrons. The molecule has 0 aliphatic carbocycles. The molecular weight excluding hydrogens is 276 g/mol. The lowest BCUT2D eigenvalue weighted by molar-refractivity contribution is 0.198. The lowest BCUT2D eigenvalue weighted by Crippen LogP contribution is -2.28. The molecule has 0 aliphatic rings. The highest BCUT2D eigenvalue weighted by Crippen LogP contribution is 2.26. The Morgan fingerprint density at radius 3 is 2.77 bits per heavy atom. The molecule has 0 aliphatic heterocycles. The van der Waals surface area contributed by atoms with Crippen LogP contribution in [0.2, 0.25) is 0 Å². The maximum absolute atomic E-state index is 5.41. The van der Waals surface area contributed by atoms with Crippen LogP contribution in [0.3, 0.4) is 0 Å². The summed E-state index contributed by atoms with van der Waals surface area (Å²) >= 11 is 0. The van der Waals surface area contributed by atoms with E-state index in [0.29, 0.717) is 18.3 Å². The minimum absolute atomic E-state index is 0.244. The highest BCUT2D eigenvalue weighted by atomic mass is 16.5. The van der Waals surface area contributed by atoms with Crippen LogP contribution in [-0.2, 0) is 6.54 Å². The fourth-order valence-electron chi connectivity index (χ4n) is 2.78. The van der Waals surface area contributed by atoms with E-state index in [1.165, 1.54) is 0 Å². The number of hydrogen-bond donors (Lipinski definition) is 1. The standard InChI is InChI=1S/C17H22N4O/c1-17(2,3)11-21(4)10-15-19-16(20-22-15)13-9-18-14-8-6-5-7-12(13)14/h5-9,18H,10-11H2,1-4H3. The predicted octanol–water partition coefficient (Wildman–Crippen LogP) is 3.70. The van der Waals surface area contributed by atoms with Gasteiger partial charge in [-0.25, -0.2) is 0 Å². The Morgan fingerprint density at radius 1 is 1.23 bits per heavy atom. The van der Waals surface area contributed by atoms with E-state index in [-0.39, 0.29) is 5.41 Å². The van der Waals surface area contributed by atoms with Gasteiger partial charge in [0.15, 0.2) is 0 Å². The third-order valence-corrected chi connectivity index (χ3v) is 3.45. The summed E-state index contributed by atoms with van der Waals surface area (Å²) in [5.41, 5.74) is 2.30. The van der Waals surface area contributed by atoms with Gasteiger partial charge < -0.3 is 9.51 Å². The van der Waals surface area contributed by atoms with Crippen molar-refractivity contribution in [1.82, 2.24) is 20.0 Å². The first kappa shape index (κ1) is 14.8. The highest BCUT2D eigenvalue weighted by molar-refractivity contribution is 5.93. The Morgan fingerprint density at radius 2 is 2.00 bits per heavy atom. The average Bonchev–Trinajstić information content (AvgIpc) is 3.02. The number of H-pyrrole nitrogens is 1. The van der Waals surface area contributed by atoms with Gasteiger partial charge in [-0.05, 0) is 18.5 Å². The molecule has 0 unspecified atom stereocenters. The SMILES string of the molecule is CN(Cc1nc(-c2c[nH]c3ccccc23)no1)CC(C)(C)C. The third kappa shape index (κ3) is 3.20. The summed E-state index contributed by atoms with van der Waals surface area (Å²) in [6.07, 6.45) is 1.93. The van der Waals surface area contributed by atoms with Crippen LogP contribution in [0.1, 0.15) is 26.7 Å². The number of hydrogen-bond acceptors (Lipinski definition) is 4. The molecule has 22 heavy (non-hydrogen) atoms. The number of rotatable bonds is 4. The second-order valence-corrected chi connectivity index (χ2v) is 6.99. The highest BCUT2D eigenvalue weighted by Gasteiger charge is 2.17. The smallest absolute Gasteiger partial charge is 0.241 e. The number of benzene rings is 1. The van der Waals surface area contributed by atoms with Crippen LogP contribution >= 0.6 is 0 Å². The van der Waals surface area contributed by atoms with E-state index in [0.717, 1.165) is 23.0 Å². The Balaban J connectivity index is 1.79. The fraction of sp³-hybridized carbons (Fsp3) is 0.412. The Hall–Kier alpha value is -2.14. The largest absolute Gasteiger partial charge is 0.360 e. The molecule has 0 spiro atoms. The number of para-hydroxylation sites is 1. The second-order valence-electron chi connectivity index (χ2n) is 6.99. The van der Waals surface area contributed by atoms with Crippen LogP contribution in [-0.4, -0.2) is 33.6 Å². The van der Waals surface area contributed by atoms with Crippen molar-refractivity contribution >= 4 is 10.9 Å². The molecule has 5 nitrogen and oxygen atoms in total. The summed E-state index contributed by atoms with van der Waals surface area (Å²) in [7, 11) is 2.07. The summed E-state index contributed by atoms with van der Waals surface area (Å²) in [4.78, 5) is 9.97. The van der Waals surface area contributed by atoms with Crippen molar-refractivity contribution in [1.29, 1.82) is 0 Å². The van der Waals surface area contributed by atoms with Gasteiger partial charge in [-0.15, -0.1) is 0 Å². The van der Waals surface area contributed by atoms with E-state index in [2.05, 4.69) is 53.9 Å². The van der Waals surface area contributed by atoms with E-state index in [4.69, 9.17) is 4.52 Å². The zero-order chi connectivity index (χ0) is 15.7. The molecule has 0 fully saturated rings. The van der Waals surface area contributed by atoms with Crippen LogP contribution in [0.5, 0.6) is 0 Å². The zero-order valence-corrected chi connectivity index (χ0v) is 13.6. The molecule has 3 rings (SSSR count). The Bertz CT molecular complexity index is 766. The van der Waals surface area contributed by atoms with Gasteiger partial charge in [0, 0.05) is 29.2 Å². The number of nitrogens with zero attached hydrogens (tertiary/aromatic N) is 3. The van der Waals surface area contributed by atoms with Crippen molar-refractivity contribution < 1.29 is 4.52 Å². The summed E-state index contributed by atoms with van der Waals surface area (Å²) < 4.78 is 5.41. The van der Waals surface area contributed by atoms with Gasteiger partial charge in [-0.1, -0.05) is 44.1 Å². The Labute approximate surface area is 130 Å². The van der Waals surface area contributed by atoms with E-state index in [9.17, 15) is 0 Å². The quantitative estimate of drug-likeness (QED) is 0.798. The summed E-state index contributed by atoms with van der Waals surface area (Å²) in [6, 6.07) is 8.11. The maximum Gasteiger partial charge on any atom is 0.241 e. The van der Waals surface area contributed by atoms with Crippen molar-refractivity contribution in [3.8, 4) is 11.4 Å². The van der Waals surface area contributed by atoms with Gasteiger partial charge in [0.1, 0.15) is 0 Å². The first-order valence-corrected chi connectivity index (χ1v) is 7.50. The third-order valence-electron chi connectivity index (χ3n) is 3.45. The molecule has 116 valence electrons. The fourth-order valence-corrected chi connectivity index (χ4v) is 2.78. The average molecular weight is 298 g/mol. The van der Waals surface area contributed by atoms with Gasteiger partial charge in [0.25, 0.3) is 0 Å². The molecule has 0 saturated carbocycles. The minimum Gasteiger partial charge on any atom is -0.360 e. The van der Waals surface area contributed by atoms with E-state index < -0.39 is 0 Å². The van der Waals surface area contributed by atoms with Crippen molar-refractivity contribution in [2.75, 3.05) is 13.6 Å². The number of nitrogens with one attached hydrogen (secondary N) is 1. The van der Waals surface area contributed by atoms with Gasteiger partial charge in [0.05, 0.1) is 6.54 Å². The maximum atomic E-state index is 5.41. The molecule has 3 aromatic rings. The first-order chi connectivity index (χ1) is 10.4. The van der Waals surface area contributed by atoms with Crippen LogP contribution in [0.15, 0.2) is 35.0 Å². The van der Waals surface area contributed by atoms with Crippen LogP contribution in [0.4, 0.5) is 0 Å². The van der Waals surface area contributed by atoms with Gasteiger partial charge in [-0.3, -0.25) is 4.90 Å². The van der Waals surface area contributed by atoms with Gasteiger partial charge in [-0.2, -0.15) is 4.98 Å². The normalized spacial score (nSPS) is 12.4. The summed E-state index contributed by atoms with van der Waals surface area (Å²) in [6.45, 7) is 8.28. The molecule has 0 bridgehead atoms. The van der Waals surface area contributed by atoms with Gasteiger partial charge >= 0.3 is 0 Å². The van der Waals surface area contributed by atoms with Gasteiger partial charge in [0.2, 0.25) is 11.7 Å². The zero-order valence-electron chi connectivity index (χ0n) is 13.6. The van der Waals surface area contributed by atoms with Crippen LogP contribution < -0.4 is 0 Å². The van der Waals surface area contributed by atoms with Crippen molar-refractivity contribution in [3.05, 3.63) is 36.4 Å². The lowest BCUT2D eigenvalue weighted by atomic mass is 9.96. The number of aromatic amines is 1. The number of aromatic nitrogens is 3. The van der Waals surface area contributed by atoms with E-state index in [1.807, 2.05) is 24.4 Å². The summed E-state index contributed by atoms with van der Waals surface area (Å²) in [5.74, 6) is 1.28. The second kappa shape index (κ2) is 5.57. The van der Waals surface area contributed by atoms with E-state index >= 15 is 0 Å². The molecule has 0 saturated heterocycles. The molecule has 1 aromatic carbocycles. The van der Waals surface area contributed by atoms with Crippen molar-refractivity contribution in [2.45, 2.75) is 27.3 Å². The Kier molecular flexibility index (Phi) is 3.74. The van der Waals surface area contributed by atoms with Crippen molar-refractivity contribution in [2.24, 2.45) is 5.41 Å². The summed E-state index contributed by atoms with van der Waals surface area (Å²) in [5, 5.41) is 5.23. The number of fused-ring (bicyclic) bond motifs is 1. The molecule has 5 heteroatoms. The molecule has 2 aromatic heterocycles.